The fourth-order valence-corrected chi connectivity index (χ4v) is 3.42. The van der Waals surface area contributed by atoms with Crippen LogP contribution in [0.15, 0.2) is 18.2 Å². The van der Waals surface area contributed by atoms with Gasteiger partial charge in [0.15, 0.2) is 5.13 Å². The van der Waals surface area contributed by atoms with Crippen molar-refractivity contribution < 1.29 is 4.79 Å². The number of thiazole rings is 1. The summed E-state index contributed by atoms with van der Waals surface area (Å²) in [6.07, 6.45) is 0.512. The lowest BCUT2D eigenvalue weighted by Gasteiger charge is -2.10. The van der Waals surface area contributed by atoms with Gasteiger partial charge in [-0.25, -0.2) is 4.98 Å². The monoisotopic (exact) mass is 264 g/mol. The highest BCUT2D eigenvalue weighted by atomic mass is 32.1. The van der Waals surface area contributed by atoms with Crippen LogP contribution in [-0.2, 0) is 4.79 Å². The van der Waals surface area contributed by atoms with Gasteiger partial charge in [-0.2, -0.15) is 12.6 Å². The van der Waals surface area contributed by atoms with E-state index in [0.29, 0.717) is 13.0 Å². The molecule has 0 saturated carbocycles. The highest BCUT2D eigenvalue weighted by molar-refractivity contribution is 7.81. The Hall–Kier alpha value is -1.07. The molecule has 1 aromatic heterocycles. The summed E-state index contributed by atoms with van der Waals surface area (Å²) < 4.78 is 1.13. The summed E-state index contributed by atoms with van der Waals surface area (Å²) in [6, 6.07) is 6.15. The quantitative estimate of drug-likeness (QED) is 0.803. The van der Waals surface area contributed by atoms with Gasteiger partial charge in [0.05, 0.1) is 10.2 Å². The van der Waals surface area contributed by atoms with Crippen LogP contribution in [0.5, 0.6) is 0 Å². The lowest BCUT2D eigenvalue weighted by molar-refractivity contribution is -0.117. The number of nitrogens with zero attached hydrogens (tertiary/aromatic N) is 2. The lowest BCUT2D eigenvalue weighted by atomic mass is 10.2. The van der Waals surface area contributed by atoms with Crippen LogP contribution < -0.4 is 4.90 Å². The van der Waals surface area contributed by atoms with Gasteiger partial charge in [-0.15, -0.1) is 0 Å². The number of anilines is 1. The maximum atomic E-state index is 11.8. The Bertz CT molecular complexity index is 593. The van der Waals surface area contributed by atoms with Gasteiger partial charge in [-0.05, 0) is 24.6 Å². The van der Waals surface area contributed by atoms with Crippen LogP contribution in [0.1, 0.15) is 12.0 Å². The molecule has 2 aromatic rings. The largest absolute Gasteiger partial charge is 0.287 e. The molecule has 1 unspecified atom stereocenters. The highest BCUT2D eigenvalue weighted by Crippen LogP contribution is 2.32. The fraction of sp³-hybridized carbons (Fsp3) is 0.333. The lowest BCUT2D eigenvalue weighted by Crippen LogP contribution is -2.24. The first-order valence-electron chi connectivity index (χ1n) is 5.49. The van der Waals surface area contributed by atoms with Crippen molar-refractivity contribution in [3.63, 3.8) is 0 Å². The van der Waals surface area contributed by atoms with Crippen LogP contribution >= 0.6 is 24.0 Å². The molecule has 1 atom stereocenters. The summed E-state index contributed by atoms with van der Waals surface area (Å²) in [5.74, 6) is 0.126. The molecule has 3 rings (SSSR count). The normalized spacial score (nSPS) is 20.5. The SMILES string of the molecule is Cc1ccc2nc(N3CC(S)CC3=O)sc2c1. The van der Waals surface area contributed by atoms with E-state index < -0.39 is 0 Å². The number of hydrogen-bond acceptors (Lipinski definition) is 4. The average molecular weight is 264 g/mol. The van der Waals surface area contributed by atoms with Gasteiger partial charge in [0.2, 0.25) is 5.91 Å². The Morgan fingerprint density at radius 3 is 3.06 bits per heavy atom. The van der Waals surface area contributed by atoms with Crippen molar-refractivity contribution in [3.05, 3.63) is 23.8 Å². The Morgan fingerprint density at radius 2 is 2.35 bits per heavy atom. The average Bonchev–Trinajstić information content (AvgIpc) is 2.80. The molecule has 1 aromatic carbocycles. The van der Waals surface area contributed by atoms with Crippen LogP contribution in [0.25, 0.3) is 10.2 Å². The van der Waals surface area contributed by atoms with E-state index >= 15 is 0 Å². The predicted molar refractivity (Wildman–Crippen MR) is 74.1 cm³/mol. The van der Waals surface area contributed by atoms with Crippen molar-refractivity contribution >= 4 is 45.2 Å². The van der Waals surface area contributed by atoms with Gasteiger partial charge in [0, 0.05) is 18.2 Å². The molecule has 1 saturated heterocycles. The fourth-order valence-electron chi connectivity index (χ4n) is 2.01. The molecule has 0 aliphatic carbocycles. The number of thiol groups is 1. The zero-order valence-electron chi connectivity index (χ0n) is 9.38. The molecule has 1 fully saturated rings. The third-order valence-corrected chi connectivity index (χ3v) is 4.26. The highest BCUT2D eigenvalue weighted by Gasteiger charge is 2.30. The van der Waals surface area contributed by atoms with Crippen LogP contribution in [0.3, 0.4) is 0 Å². The number of benzene rings is 1. The van der Waals surface area contributed by atoms with E-state index in [4.69, 9.17) is 0 Å². The minimum absolute atomic E-state index is 0.126. The van der Waals surface area contributed by atoms with Crippen molar-refractivity contribution in [2.45, 2.75) is 18.6 Å². The second-order valence-corrected chi connectivity index (χ2v) is 6.07. The smallest absolute Gasteiger partial charge is 0.229 e. The van der Waals surface area contributed by atoms with E-state index in [-0.39, 0.29) is 11.2 Å². The summed E-state index contributed by atoms with van der Waals surface area (Å²) >= 11 is 5.93. The topological polar surface area (TPSA) is 33.2 Å². The van der Waals surface area contributed by atoms with Crippen LogP contribution in [-0.4, -0.2) is 22.7 Å². The molecule has 1 aliphatic heterocycles. The Balaban J connectivity index is 2.03. The summed E-state index contributed by atoms with van der Waals surface area (Å²) in [6.45, 7) is 2.73. The van der Waals surface area contributed by atoms with Crippen LogP contribution in [0.2, 0.25) is 0 Å². The third kappa shape index (κ3) is 1.93. The van der Waals surface area contributed by atoms with E-state index in [2.05, 4.69) is 30.6 Å². The molecule has 1 amide bonds. The molecule has 0 radical (unpaired) electrons. The second-order valence-electron chi connectivity index (χ2n) is 4.33. The van der Waals surface area contributed by atoms with Gasteiger partial charge in [0.1, 0.15) is 0 Å². The minimum atomic E-state index is 0.126. The molecule has 5 heteroatoms. The first-order chi connectivity index (χ1) is 8.13. The first kappa shape index (κ1) is 11.0. The molecule has 88 valence electrons. The van der Waals surface area contributed by atoms with Crippen LogP contribution in [0, 0.1) is 6.92 Å². The number of rotatable bonds is 1. The Kier molecular flexibility index (Phi) is 2.60. The van der Waals surface area contributed by atoms with Crippen molar-refractivity contribution in [1.29, 1.82) is 0 Å². The summed E-state index contributed by atoms with van der Waals surface area (Å²) in [4.78, 5) is 18.0. The number of amides is 1. The number of fused-ring (bicyclic) bond motifs is 1. The molecule has 0 N–H and O–H groups in total. The molecule has 3 nitrogen and oxygen atoms in total. The molecule has 17 heavy (non-hydrogen) atoms. The molecule has 1 aliphatic rings. The molecule has 0 bridgehead atoms. The van der Waals surface area contributed by atoms with Gasteiger partial charge in [-0.1, -0.05) is 17.4 Å². The van der Waals surface area contributed by atoms with Crippen molar-refractivity contribution in [1.82, 2.24) is 4.98 Å². The van der Waals surface area contributed by atoms with E-state index in [1.165, 1.54) is 5.56 Å². The maximum absolute atomic E-state index is 11.8. The van der Waals surface area contributed by atoms with Gasteiger partial charge < -0.3 is 0 Å². The van der Waals surface area contributed by atoms with E-state index in [0.717, 1.165) is 15.3 Å². The van der Waals surface area contributed by atoms with Crippen molar-refractivity contribution in [2.24, 2.45) is 0 Å². The summed E-state index contributed by atoms with van der Waals surface area (Å²) in [7, 11) is 0. The van der Waals surface area contributed by atoms with Gasteiger partial charge in [-0.3, -0.25) is 9.69 Å². The predicted octanol–water partition coefficient (Wildman–Crippen LogP) is 2.64. The number of aryl methyl sites for hydroxylation is 1. The zero-order valence-corrected chi connectivity index (χ0v) is 11.1. The summed E-state index contributed by atoms with van der Waals surface area (Å²) in [5.41, 5.74) is 2.18. The second kappa shape index (κ2) is 3.99. The number of aromatic nitrogens is 1. The molecular formula is C12H12N2OS2. The first-order valence-corrected chi connectivity index (χ1v) is 6.82. The molecular weight excluding hydrogens is 252 g/mol. The Labute approximate surface area is 109 Å². The maximum Gasteiger partial charge on any atom is 0.229 e. The summed E-state index contributed by atoms with van der Waals surface area (Å²) in [5, 5.41) is 0.934. The van der Waals surface area contributed by atoms with Crippen molar-refractivity contribution in [3.8, 4) is 0 Å². The third-order valence-electron chi connectivity index (χ3n) is 2.87. The van der Waals surface area contributed by atoms with Crippen LogP contribution in [0.4, 0.5) is 5.13 Å². The zero-order chi connectivity index (χ0) is 12.0. The van der Waals surface area contributed by atoms with E-state index in [9.17, 15) is 4.79 Å². The van der Waals surface area contributed by atoms with Crippen molar-refractivity contribution in [2.75, 3.05) is 11.4 Å². The van der Waals surface area contributed by atoms with Gasteiger partial charge in [0.25, 0.3) is 0 Å². The standard InChI is InChI=1S/C12H12N2OS2/c1-7-2-3-9-10(4-7)17-12(13-9)14-6-8(16)5-11(14)15/h2-4,8,16H,5-6H2,1H3. The van der Waals surface area contributed by atoms with E-state index in [1.807, 2.05) is 12.1 Å². The number of hydrogen-bond donors (Lipinski definition) is 1. The van der Waals surface area contributed by atoms with E-state index in [1.54, 1.807) is 16.2 Å². The van der Waals surface area contributed by atoms with Gasteiger partial charge >= 0.3 is 0 Å². The molecule has 0 spiro atoms. The Morgan fingerprint density at radius 1 is 1.53 bits per heavy atom. The number of carbonyl (C=O) groups excluding carboxylic acids is 1. The number of carbonyl (C=O) groups is 1. The molecule has 2 heterocycles. The minimum Gasteiger partial charge on any atom is -0.287 e.